The van der Waals surface area contributed by atoms with Gasteiger partial charge in [0.05, 0.1) is 17.3 Å². The smallest absolute Gasteiger partial charge is 0.475 e. The lowest BCUT2D eigenvalue weighted by Crippen LogP contribution is -2.54. The number of carbonyl (C=O) groups is 3. The zero-order valence-corrected chi connectivity index (χ0v) is 18.1. The van der Waals surface area contributed by atoms with Gasteiger partial charge in [-0.3, -0.25) is 19.3 Å². The van der Waals surface area contributed by atoms with E-state index in [1.165, 1.54) is 0 Å². The van der Waals surface area contributed by atoms with E-state index in [0.717, 1.165) is 24.1 Å². The Labute approximate surface area is 187 Å². The van der Waals surface area contributed by atoms with Crippen LogP contribution in [-0.4, -0.2) is 67.4 Å². The number of piperidine rings is 1. The molecule has 2 saturated heterocycles. The minimum absolute atomic E-state index is 0.00889. The normalized spacial score (nSPS) is 19.6. The number of aromatic nitrogens is 3. The van der Waals surface area contributed by atoms with Crippen LogP contribution in [0.15, 0.2) is 30.7 Å². The summed E-state index contributed by atoms with van der Waals surface area (Å²) in [5.41, 5.74) is 2.33. The van der Waals surface area contributed by atoms with Gasteiger partial charge in [-0.15, -0.1) is 0 Å². The Kier molecular flexibility index (Phi) is 6.75. The van der Waals surface area contributed by atoms with Gasteiger partial charge >= 0.3 is 12.1 Å². The van der Waals surface area contributed by atoms with Crippen LogP contribution in [0.4, 0.5) is 13.2 Å². The molecule has 9 nitrogen and oxygen atoms in total. The standard InChI is InChI=1S/C19H23N5O2.C2HF3O2/c1-13-3-4-14(10-20-13)18(26)24-7-5-19(6-8-24)16(9-17(25)22-19)15-11-21-23(2)12-15;3-2(4,5)1(6)7/h3-4,10-12,16H,5-9H2,1-2H3,(H,22,25);(H,6,7). The molecule has 0 aliphatic carbocycles. The van der Waals surface area contributed by atoms with E-state index in [9.17, 15) is 22.8 Å². The number of rotatable bonds is 2. The number of hydrogen-bond acceptors (Lipinski definition) is 5. The van der Waals surface area contributed by atoms with E-state index in [0.29, 0.717) is 25.1 Å². The predicted octanol–water partition coefficient (Wildman–Crippen LogP) is 2.04. The average Bonchev–Trinajstić information content (AvgIpc) is 3.31. The topological polar surface area (TPSA) is 117 Å². The number of carboxylic acids is 1. The molecule has 0 saturated carbocycles. The number of pyridine rings is 1. The van der Waals surface area contributed by atoms with Crippen LogP contribution in [-0.2, 0) is 16.6 Å². The van der Waals surface area contributed by atoms with Gasteiger partial charge in [-0.25, -0.2) is 4.79 Å². The van der Waals surface area contributed by atoms with E-state index in [2.05, 4.69) is 15.4 Å². The highest BCUT2D eigenvalue weighted by atomic mass is 19.4. The molecule has 33 heavy (non-hydrogen) atoms. The fourth-order valence-electron chi connectivity index (χ4n) is 4.21. The number of likely N-dealkylation sites (tertiary alicyclic amines) is 1. The minimum Gasteiger partial charge on any atom is -0.475 e. The molecule has 12 heteroatoms. The molecule has 2 aromatic rings. The van der Waals surface area contributed by atoms with Crippen LogP contribution in [0.3, 0.4) is 0 Å². The summed E-state index contributed by atoms with van der Waals surface area (Å²) < 4.78 is 33.5. The molecule has 2 amide bonds. The molecular weight excluding hydrogens is 443 g/mol. The van der Waals surface area contributed by atoms with Gasteiger partial charge in [0.2, 0.25) is 5.91 Å². The molecule has 0 aromatic carbocycles. The van der Waals surface area contributed by atoms with Crippen molar-refractivity contribution >= 4 is 17.8 Å². The summed E-state index contributed by atoms with van der Waals surface area (Å²) in [5.74, 6) is -2.55. The highest BCUT2D eigenvalue weighted by molar-refractivity contribution is 5.94. The number of alkyl halides is 3. The second kappa shape index (κ2) is 9.20. The lowest BCUT2D eigenvalue weighted by molar-refractivity contribution is -0.192. The Morgan fingerprint density at radius 2 is 1.85 bits per heavy atom. The molecule has 2 aliphatic heterocycles. The number of nitrogens with one attached hydrogen (secondary N) is 1. The summed E-state index contributed by atoms with van der Waals surface area (Å²) in [6, 6.07) is 3.68. The molecule has 0 radical (unpaired) electrons. The van der Waals surface area contributed by atoms with Crippen LogP contribution in [0.25, 0.3) is 0 Å². The number of halogens is 3. The van der Waals surface area contributed by atoms with Crippen LogP contribution in [0.1, 0.15) is 46.8 Å². The van der Waals surface area contributed by atoms with E-state index < -0.39 is 12.1 Å². The van der Waals surface area contributed by atoms with Gasteiger partial charge < -0.3 is 15.3 Å². The molecule has 4 heterocycles. The number of aliphatic carboxylic acids is 1. The predicted molar refractivity (Wildman–Crippen MR) is 109 cm³/mol. The Morgan fingerprint density at radius 3 is 2.33 bits per heavy atom. The van der Waals surface area contributed by atoms with Crippen molar-refractivity contribution in [1.82, 2.24) is 25.0 Å². The van der Waals surface area contributed by atoms with E-state index in [1.54, 1.807) is 10.9 Å². The molecule has 2 N–H and O–H groups in total. The van der Waals surface area contributed by atoms with Crippen molar-refractivity contribution < 1.29 is 32.7 Å². The van der Waals surface area contributed by atoms with Crippen molar-refractivity contribution in [3.8, 4) is 0 Å². The Morgan fingerprint density at radius 1 is 1.21 bits per heavy atom. The first-order valence-corrected chi connectivity index (χ1v) is 10.2. The molecule has 2 fully saturated rings. The number of amides is 2. The van der Waals surface area contributed by atoms with Gasteiger partial charge in [0.25, 0.3) is 5.91 Å². The van der Waals surface area contributed by atoms with Gasteiger partial charge in [0.15, 0.2) is 0 Å². The summed E-state index contributed by atoms with van der Waals surface area (Å²) in [6.07, 6.45) is 2.39. The maximum absolute atomic E-state index is 12.7. The van der Waals surface area contributed by atoms with Crippen molar-refractivity contribution in [3.63, 3.8) is 0 Å². The third-order valence-corrected chi connectivity index (χ3v) is 5.92. The molecule has 4 rings (SSSR count). The molecule has 2 aliphatic rings. The average molecular weight is 467 g/mol. The molecule has 1 unspecified atom stereocenters. The van der Waals surface area contributed by atoms with Crippen LogP contribution < -0.4 is 5.32 Å². The summed E-state index contributed by atoms with van der Waals surface area (Å²) in [5, 5.41) is 14.6. The maximum Gasteiger partial charge on any atom is 0.490 e. The number of aryl methyl sites for hydroxylation is 2. The fourth-order valence-corrected chi connectivity index (χ4v) is 4.21. The van der Waals surface area contributed by atoms with Crippen molar-refractivity contribution in [3.05, 3.63) is 47.5 Å². The fraction of sp³-hybridized carbons (Fsp3) is 0.476. The minimum atomic E-state index is -5.08. The second-order valence-corrected chi connectivity index (χ2v) is 8.19. The van der Waals surface area contributed by atoms with Crippen LogP contribution in [0, 0.1) is 6.92 Å². The maximum atomic E-state index is 12.7. The molecule has 178 valence electrons. The first-order valence-electron chi connectivity index (χ1n) is 10.2. The van der Waals surface area contributed by atoms with Crippen molar-refractivity contribution in [2.24, 2.45) is 7.05 Å². The summed E-state index contributed by atoms with van der Waals surface area (Å²) in [7, 11) is 1.89. The first-order chi connectivity index (χ1) is 15.4. The van der Waals surface area contributed by atoms with Gasteiger partial charge in [-0.1, -0.05) is 0 Å². The summed E-state index contributed by atoms with van der Waals surface area (Å²) >= 11 is 0. The van der Waals surface area contributed by atoms with E-state index >= 15 is 0 Å². The monoisotopic (exact) mass is 467 g/mol. The van der Waals surface area contributed by atoms with Crippen LogP contribution in [0.2, 0.25) is 0 Å². The van der Waals surface area contributed by atoms with Crippen LogP contribution >= 0.6 is 0 Å². The molecule has 1 atom stereocenters. The summed E-state index contributed by atoms with van der Waals surface area (Å²) in [6.45, 7) is 3.16. The molecule has 0 bridgehead atoms. The number of nitrogens with zero attached hydrogens (tertiary/aromatic N) is 4. The molecule has 2 aromatic heterocycles. The number of hydrogen-bond donors (Lipinski definition) is 2. The lowest BCUT2D eigenvalue weighted by Gasteiger charge is -2.42. The van der Waals surface area contributed by atoms with E-state index in [4.69, 9.17) is 9.90 Å². The van der Waals surface area contributed by atoms with Crippen molar-refractivity contribution in [1.29, 1.82) is 0 Å². The second-order valence-electron chi connectivity index (χ2n) is 8.19. The largest absolute Gasteiger partial charge is 0.490 e. The molecule has 1 spiro atoms. The Balaban J connectivity index is 0.000000383. The van der Waals surface area contributed by atoms with Crippen molar-refractivity contribution in [2.75, 3.05) is 13.1 Å². The number of carbonyl (C=O) groups excluding carboxylic acids is 2. The lowest BCUT2D eigenvalue weighted by atomic mass is 9.75. The molecular formula is C21H24F3N5O4. The third-order valence-electron chi connectivity index (χ3n) is 5.92. The van der Waals surface area contributed by atoms with Gasteiger partial charge in [0.1, 0.15) is 0 Å². The first kappa shape index (κ1) is 24.2. The zero-order valence-electron chi connectivity index (χ0n) is 18.1. The third kappa shape index (κ3) is 5.49. The summed E-state index contributed by atoms with van der Waals surface area (Å²) in [4.78, 5) is 39.8. The quantitative estimate of drug-likeness (QED) is 0.698. The van der Waals surface area contributed by atoms with Gasteiger partial charge in [-0.2, -0.15) is 18.3 Å². The zero-order chi connectivity index (χ0) is 24.4. The SMILES string of the molecule is Cc1ccc(C(=O)N2CCC3(CC2)NC(=O)CC3c2cnn(C)c2)cn1.O=C(O)C(F)(F)F. The van der Waals surface area contributed by atoms with E-state index in [-0.39, 0.29) is 23.3 Å². The van der Waals surface area contributed by atoms with Gasteiger partial charge in [0, 0.05) is 50.6 Å². The number of carboxylic acid groups (broad SMARTS) is 1. The Bertz CT molecular complexity index is 1030. The van der Waals surface area contributed by atoms with E-state index in [1.807, 2.05) is 43.4 Å². The highest BCUT2D eigenvalue weighted by Gasteiger charge is 2.49. The van der Waals surface area contributed by atoms with Gasteiger partial charge in [-0.05, 0) is 37.5 Å². The van der Waals surface area contributed by atoms with Crippen LogP contribution in [0.5, 0.6) is 0 Å². The highest BCUT2D eigenvalue weighted by Crippen LogP contribution is 2.43. The van der Waals surface area contributed by atoms with Crippen molar-refractivity contribution in [2.45, 2.75) is 43.8 Å². The Hall–Kier alpha value is -3.44.